The Morgan fingerprint density at radius 1 is 0.784 bits per heavy atom. The molecule has 4 unspecified atom stereocenters. The topological polar surface area (TPSA) is 170 Å². The van der Waals surface area contributed by atoms with Crippen LogP contribution in [0.5, 0.6) is 0 Å². The van der Waals surface area contributed by atoms with Gasteiger partial charge in [-0.25, -0.2) is 29.1 Å². The highest BCUT2D eigenvalue weighted by Crippen LogP contribution is 2.37. The van der Waals surface area contributed by atoms with Crippen LogP contribution in [0.2, 0.25) is 0 Å². The Balaban J connectivity index is 1.39. The second-order valence-electron chi connectivity index (χ2n) is 12.3. The highest BCUT2D eigenvalue weighted by atomic mass is 127. The van der Waals surface area contributed by atoms with Gasteiger partial charge in [0.15, 0.2) is 24.1 Å². The predicted molar refractivity (Wildman–Crippen MR) is 190 cm³/mol. The molecule has 0 bridgehead atoms. The summed E-state index contributed by atoms with van der Waals surface area (Å²) < 4.78 is 31.4. The second kappa shape index (κ2) is 15.2. The van der Waals surface area contributed by atoms with Gasteiger partial charge in [-0.05, 0) is 79.8 Å². The van der Waals surface area contributed by atoms with Crippen molar-refractivity contribution in [1.82, 2.24) is 19.5 Å². The van der Waals surface area contributed by atoms with E-state index in [4.69, 9.17) is 23.7 Å². The van der Waals surface area contributed by atoms with E-state index < -0.39 is 54.1 Å². The van der Waals surface area contributed by atoms with E-state index in [9.17, 15) is 19.2 Å². The minimum atomic E-state index is -1.31. The number of imidazole rings is 1. The average molecular weight is 806 g/mol. The van der Waals surface area contributed by atoms with E-state index in [2.05, 4.69) is 20.3 Å². The third-order valence-corrected chi connectivity index (χ3v) is 8.20. The highest BCUT2D eigenvalue weighted by Gasteiger charge is 2.52. The number of ether oxygens (including phenoxy) is 5. The molecule has 1 fully saturated rings. The summed E-state index contributed by atoms with van der Waals surface area (Å²) >= 11 is 1.95. The molecule has 0 saturated carbocycles. The first-order valence-corrected chi connectivity index (χ1v) is 16.8. The first kappa shape index (κ1) is 35.4. The minimum Gasteiger partial charge on any atom is -0.459 e. The number of rotatable bonds is 9. The van der Waals surface area contributed by atoms with Gasteiger partial charge in [-0.1, -0.05) is 54.6 Å². The summed E-state index contributed by atoms with van der Waals surface area (Å²) in [6.07, 6.45) is -4.29. The molecular weight excluding hydrogens is 773 g/mol. The van der Waals surface area contributed by atoms with E-state index in [0.717, 1.165) is 0 Å². The Morgan fingerprint density at radius 3 is 1.86 bits per heavy atom. The van der Waals surface area contributed by atoms with E-state index in [1.54, 1.807) is 112 Å². The molecule has 4 atom stereocenters. The molecule has 15 heteroatoms. The monoisotopic (exact) mass is 805 g/mol. The quantitative estimate of drug-likeness (QED) is 0.0802. The van der Waals surface area contributed by atoms with E-state index in [-0.39, 0.29) is 29.3 Å². The van der Waals surface area contributed by atoms with E-state index in [1.807, 2.05) is 22.6 Å². The Labute approximate surface area is 305 Å². The van der Waals surface area contributed by atoms with Crippen LogP contribution in [0, 0.1) is 3.70 Å². The number of fused-ring (bicyclic) bond motifs is 1. The lowest BCUT2D eigenvalue weighted by molar-refractivity contribution is -0.0606. The largest absolute Gasteiger partial charge is 0.459 e. The zero-order valence-corrected chi connectivity index (χ0v) is 29.8. The Morgan fingerprint density at radius 2 is 1.31 bits per heavy atom. The lowest BCUT2D eigenvalue weighted by Crippen LogP contribution is -2.41. The predicted octanol–water partition coefficient (Wildman–Crippen LogP) is 5.98. The SMILES string of the molecule is CC(C)(C)OC(=O)Nc1nc(I)c2ncn(C3OC(COC(=O)c4ccccc4)C(OC(=O)c4ccccc4)C3OC(=O)c3ccccc3)c2n1. The number of nitrogens with one attached hydrogen (secondary N) is 1. The maximum absolute atomic E-state index is 13.6. The molecule has 2 aromatic heterocycles. The van der Waals surface area contributed by atoms with E-state index in [1.165, 1.54) is 10.9 Å². The molecule has 3 aromatic carbocycles. The van der Waals surface area contributed by atoms with Crippen LogP contribution < -0.4 is 5.32 Å². The summed E-state index contributed by atoms with van der Waals surface area (Å²) in [6.45, 7) is 4.79. The summed E-state index contributed by atoms with van der Waals surface area (Å²) in [5.74, 6) is -2.17. The number of aromatic nitrogens is 4. The molecule has 1 amide bonds. The molecule has 0 aliphatic carbocycles. The van der Waals surface area contributed by atoms with Crippen molar-refractivity contribution in [2.24, 2.45) is 0 Å². The van der Waals surface area contributed by atoms with Gasteiger partial charge in [0.05, 0.1) is 23.0 Å². The smallest absolute Gasteiger partial charge is 0.414 e. The average Bonchev–Trinajstić information content (AvgIpc) is 3.68. The fourth-order valence-electron chi connectivity index (χ4n) is 5.20. The van der Waals surface area contributed by atoms with Crippen LogP contribution in [0.1, 0.15) is 58.1 Å². The molecule has 51 heavy (non-hydrogen) atoms. The maximum atomic E-state index is 13.6. The molecule has 1 aliphatic rings. The summed E-state index contributed by atoms with van der Waals surface area (Å²) in [5.41, 5.74) is 0.540. The maximum Gasteiger partial charge on any atom is 0.414 e. The van der Waals surface area contributed by atoms with Gasteiger partial charge in [0, 0.05) is 0 Å². The van der Waals surface area contributed by atoms with Gasteiger partial charge in [0.2, 0.25) is 5.95 Å². The molecule has 3 heterocycles. The van der Waals surface area contributed by atoms with Gasteiger partial charge in [-0.2, -0.15) is 4.98 Å². The summed E-state index contributed by atoms with van der Waals surface area (Å²) in [7, 11) is 0. The lowest BCUT2D eigenvalue weighted by atomic mass is 10.1. The van der Waals surface area contributed by atoms with Gasteiger partial charge < -0.3 is 23.7 Å². The van der Waals surface area contributed by atoms with E-state index >= 15 is 0 Å². The van der Waals surface area contributed by atoms with Crippen LogP contribution in [0.4, 0.5) is 10.7 Å². The van der Waals surface area contributed by atoms with Crippen molar-refractivity contribution >= 4 is 63.7 Å². The molecule has 0 radical (unpaired) electrons. The molecular formula is C36H32IN5O9. The van der Waals surface area contributed by atoms with Crippen molar-refractivity contribution in [3.63, 3.8) is 0 Å². The van der Waals surface area contributed by atoms with Crippen LogP contribution in [0.3, 0.4) is 0 Å². The van der Waals surface area contributed by atoms with Crippen LogP contribution in [-0.2, 0) is 23.7 Å². The van der Waals surface area contributed by atoms with E-state index in [0.29, 0.717) is 14.8 Å². The van der Waals surface area contributed by atoms with Gasteiger partial charge in [0.25, 0.3) is 0 Å². The van der Waals surface area contributed by atoms with Crippen LogP contribution in [0.25, 0.3) is 11.2 Å². The summed E-state index contributed by atoms with van der Waals surface area (Å²) in [4.78, 5) is 65.9. The third kappa shape index (κ3) is 8.49. The van der Waals surface area contributed by atoms with Gasteiger partial charge in [-0.3, -0.25) is 9.88 Å². The Bertz CT molecular complexity index is 2040. The van der Waals surface area contributed by atoms with Crippen LogP contribution in [0.15, 0.2) is 97.3 Å². The summed E-state index contributed by atoms with van der Waals surface area (Å²) in [5, 5.41) is 2.53. The number of hydrogen-bond donors (Lipinski definition) is 1. The Kier molecular flexibility index (Phi) is 10.6. The molecule has 5 aromatic rings. The number of amides is 1. The number of nitrogens with zero attached hydrogens (tertiary/aromatic N) is 4. The van der Waals surface area contributed by atoms with Crippen molar-refractivity contribution < 1.29 is 42.9 Å². The normalized spacial score (nSPS) is 18.5. The van der Waals surface area contributed by atoms with Crippen LogP contribution in [-0.4, -0.2) is 74.0 Å². The molecule has 6 rings (SSSR count). The molecule has 0 spiro atoms. The molecule has 1 saturated heterocycles. The van der Waals surface area contributed by atoms with Crippen molar-refractivity contribution in [2.75, 3.05) is 11.9 Å². The molecule has 262 valence electrons. The standard InChI is InChI=1S/C36H32IN5O9/c1-36(2,3)51-35(46)41-34-39-28(37)25-29(40-34)42(20-38-25)30-27(50-33(45)23-17-11-6-12-18-23)26(49-32(44)22-15-9-5-10-16-22)24(48-30)19-47-31(43)21-13-7-4-8-14-21/h4-18,20,24,26-27,30H,19H2,1-3H3,(H,39,40,41,46). The zero-order chi connectivity index (χ0) is 36.1. The van der Waals surface area contributed by atoms with Gasteiger partial charge >= 0.3 is 24.0 Å². The van der Waals surface area contributed by atoms with Crippen molar-refractivity contribution in [2.45, 2.75) is 50.9 Å². The number of carbonyl (C=O) groups is 4. The van der Waals surface area contributed by atoms with Gasteiger partial charge in [0.1, 0.15) is 27.5 Å². The zero-order valence-electron chi connectivity index (χ0n) is 27.6. The number of hydrogen-bond acceptors (Lipinski definition) is 12. The van der Waals surface area contributed by atoms with Crippen molar-refractivity contribution in [1.29, 1.82) is 0 Å². The lowest BCUT2D eigenvalue weighted by Gasteiger charge is -2.25. The Hall–Kier alpha value is -5.42. The number of benzene rings is 3. The molecule has 14 nitrogen and oxygen atoms in total. The van der Waals surface area contributed by atoms with Gasteiger partial charge in [-0.15, -0.1) is 0 Å². The fourth-order valence-corrected chi connectivity index (χ4v) is 5.81. The molecule has 1 aliphatic heterocycles. The third-order valence-electron chi connectivity index (χ3n) is 7.44. The number of anilines is 1. The minimum absolute atomic E-state index is 0.0841. The second-order valence-corrected chi connectivity index (χ2v) is 13.3. The fraction of sp³-hybridized carbons (Fsp3) is 0.250. The number of carbonyl (C=O) groups excluding carboxylic acids is 4. The first-order chi connectivity index (χ1) is 24.5. The number of halogens is 1. The highest BCUT2D eigenvalue weighted by molar-refractivity contribution is 14.1. The number of esters is 3. The summed E-state index contributed by atoms with van der Waals surface area (Å²) in [6, 6.07) is 24.9. The molecule has 1 N–H and O–H groups in total. The van der Waals surface area contributed by atoms with Crippen molar-refractivity contribution in [3.05, 3.63) is 118 Å². The van der Waals surface area contributed by atoms with Crippen molar-refractivity contribution in [3.8, 4) is 0 Å². The van der Waals surface area contributed by atoms with Crippen LogP contribution >= 0.6 is 22.6 Å². The first-order valence-electron chi connectivity index (χ1n) is 15.8.